The van der Waals surface area contributed by atoms with Crippen LogP contribution in [0, 0.1) is 0 Å². The maximum absolute atomic E-state index is 11.1. The van der Waals surface area contributed by atoms with Crippen LogP contribution in [0.1, 0.15) is 29.5 Å². The Morgan fingerprint density at radius 2 is 2.40 bits per heavy atom. The number of nitrogens with zero attached hydrogens (tertiary/aromatic N) is 1. The van der Waals surface area contributed by atoms with E-state index in [2.05, 4.69) is 17.2 Å². The number of carbonyl (C=O) groups excluding carboxylic acids is 1. The van der Waals surface area contributed by atoms with Gasteiger partial charge in [-0.2, -0.15) is 0 Å². The molecular weight excluding hydrogens is 194 g/mol. The molecule has 0 bridgehead atoms. The average molecular weight is 211 g/mol. The molecule has 0 fully saturated rings. The summed E-state index contributed by atoms with van der Waals surface area (Å²) in [5, 5.41) is 0. The predicted octanol–water partition coefficient (Wildman–Crippen LogP) is 0.725. The van der Waals surface area contributed by atoms with Gasteiger partial charge in [0.2, 0.25) is 0 Å². The highest BCUT2D eigenvalue weighted by atomic mass is 16.3. The van der Waals surface area contributed by atoms with Crippen LogP contribution < -0.4 is 11.3 Å². The Bertz CT molecular complexity index is 322. The molecular formula is C10H17N3O2. The lowest BCUT2D eigenvalue weighted by Gasteiger charge is -2.12. The number of nitrogens with two attached hydrogens (primary N) is 1. The van der Waals surface area contributed by atoms with Gasteiger partial charge in [0.25, 0.3) is 5.91 Å². The molecule has 1 amide bonds. The average Bonchev–Trinajstić information content (AvgIpc) is 2.65. The van der Waals surface area contributed by atoms with E-state index in [1.54, 1.807) is 6.07 Å². The largest absolute Gasteiger partial charge is 0.467 e. The number of furan rings is 1. The molecule has 5 heteroatoms. The van der Waals surface area contributed by atoms with Gasteiger partial charge in [-0.05, 0) is 26.1 Å². The molecule has 0 saturated heterocycles. The first kappa shape index (κ1) is 11.7. The summed E-state index contributed by atoms with van der Waals surface area (Å²) in [5.41, 5.74) is 2.52. The van der Waals surface area contributed by atoms with E-state index >= 15 is 0 Å². The highest BCUT2D eigenvalue weighted by Crippen LogP contribution is 2.09. The van der Waals surface area contributed by atoms with Gasteiger partial charge in [0.05, 0.1) is 12.1 Å². The summed E-state index contributed by atoms with van der Waals surface area (Å²) >= 11 is 0. The van der Waals surface area contributed by atoms with E-state index in [9.17, 15) is 4.79 Å². The van der Waals surface area contributed by atoms with E-state index < -0.39 is 0 Å². The zero-order chi connectivity index (χ0) is 11.3. The van der Waals surface area contributed by atoms with Gasteiger partial charge in [0.15, 0.2) is 0 Å². The van der Waals surface area contributed by atoms with Gasteiger partial charge in [-0.25, -0.2) is 5.84 Å². The molecule has 15 heavy (non-hydrogen) atoms. The summed E-state index contributed by atoms with van der Waals surface area (Å²) in [5.74, 6) is 5.45. The number of amides is 1. The first-order valence-electron chi connectivity index (χ1n) is 4.94. The Morgan fingerprint density at radius 3 is 3.00 bits per heavy atom. The van der Waals surface area contributed by atoms with Crippen LogP contribution in [0.2, 0.25) is 0 Å². The molecule has 0 spiro atoms. The van der Waals surface area contributed by atoms with Crippen LogP contribution in [0.25, 0.3) is 0 Å². The van der Waals surface area contributed by atoms with Crippen LogP contribution in [-0.4, -0.2) is 24.4 Å². The zero-order valence-electron chi connectivity index (χ0n) is 9.12. The van der Waals surface area contributed by atoms with Gasteiger partial charge in [0.1, 0.15) is 12.0 Å². The smallest absolute Gasteiger partial charge is 0.268 e. The van der Waals surface area contributed by atoms with Crippen LogP contribution in [0.3, 0.4) is 0 Å². The number of nitrogens with one attached hydrogen (secondary N) is 1. The highest BCUT2D eigenvalue weighted by molar-refractivity contribution is 5.93. The number of hydrogen-bond acceptors (Lipinski definition) is 4. The minimum atomic E-state index is -0.330. The van der Waals surface area contributed by atoms with Crippen molar-refractivity contribution in [1.82, 2.24) is 10.3 Å². The molecule has 1 heterocycles. The monoisotopic (exact) mass is 211 g/mol. The van der Waals surface area contributed by atoms with Crippen molar-refractivity contribution in [2.24, 2.45) is 5.84 Å². The summed E-state index contributed by atoms with van der Waals surface area (Å²) in [4.78, 5) is 13.3. The van der Waals surface area contributed by atoms with Crippen molar-refractivity contribution in [3.63, 3.8) is 0 Å². The quantitative estimate of drug-likeness (QED) is 0.428. The SMILES string of the molecule is CCCN(C)Cc1cc(C(=O)NN)co1. The zero-order valence-corrected chi connectivity index (χ0v) is 9.12. The second kappa shape index (κ2) is 5.53. The minimum Gasteiger partial charge on any atom is -0.467 e. The number of hydrogen-bond donors (Lipinski definition) is 2. The molecule has 0 aliphatic carbocycles. The fourth-order valence-electron chi connectivity index (χ4n) is 1.39. The number of hydrazine groups is 1. The fourth-order valence-corrected chi connectivity index (χ4v) is 1.39. The third kappa shape index (κ3) is 3.38. The van der Waals surface area contributed by atoms with Gasteiger partial charge in [-0.15, -0.1) is 0 Å². The molecule has 3 N–H and O–H groups in total. The molecule has 0 saturated carbocycles. The van der Waals surface area contributed by atoms with Gasteiger partial charge in [-0.3, -0.25) is 15.1 Å². The van der Waals surface area contributed by atoms with E-state index in [0.29, 0.717) is 12.1 Å². The lowest BCUT2D eigenvalue weighted by Crippen LogP contribution is -2.29. The van der Waals surface area contributed by atoms with E-state index in [-0.39, 0.29) is 5.91 Å². The topological polar surface area (TPSA) is 71.5 Å². The normalized spacial score (nSPS) is 10.7. The Labute approximate surface area is 89.2 Å². The van der Waals surface area contributed by atoms with Crippen LogP contribution in [0.4, 0.5) is 0 Å². The second-order valence-corrected chi connectivity index (χ2v) is 3.51. The van der Waals surface area contributed by atoms with Gasteiger partial charge >= 0.3 is 0 Å². The molecule has 0 aliphatic heterocycles. The van der Waals surface area contributed by atoms with Crippen molar-refractivity contribution in [2.75, 3.05) is 13.6 Å². The number of rotatable bonds is 5. The summed E-state index contributed by atoms with van der Waals surface area (Å²) in [6.45, 7) is 3.82. The summed E-state index contributed by atoms with van der Waals surface area (Å²) in [6.07, 6.45) is 2.50. The summed E-state index contributed by atoms with van der Waals surface area (Å²) < 4.78 is 5.25. The Hall–Kier alpha value is -1.33. The molecule has 1 rings (SSSR count). The maximum atomic E-state index is 11.1. The van der Waals surface area contributed by atoms with Gasteiger partial charge in [-0.1, -0.05) is 6.92 Å². The van der Waals surface area contributed by atoms with E-state index in [1.165, 1.54) is 6.26 Å². The van der Waals surface area contributed by atoms with Crippen LogP contribution in [-0.2, 0) is 6.54 Å². The number of carbonyl (C=O) groups is 1. The Kier molecular flexibility index (Phi) is 4.33. The Balaban J connectivity index is 2.56. The lowest BCUT2D eigenvalue weighted by molar-refractivity contribution is 0.0953. The van der Waals surface area contributed by atoms with E-state index in [4.69, 9.17) is 10.3 Å². The predicted molar refractivity (Wildman–Crippen MR) is 57.0 cm³/mol. The third-order valence-electron chi connectivity index (χ3n) is 2.08. The molecule has 0 aliphatic rings. The van der Waals surface area contributed by atoms with Crippen molar-refractivity contribution in [2.45, 2.75) is 19.9 Å². The highest BCUT2D eigenvalue weighted by Gasteiger charge is 2.09. The summed E-state index contributed by atoms with van der Waals surface area (Å²) in [6, 6.07) is 1.70. The summed E-state index contributed by atoms with van der Waals surface area (Å²) in [7, 11) is 2.01. The minimum absolute atomic E-state index is 0.330. The van der Waals surface area contributed by atoms with Gasteiger partial charge < -0.3 is 4.42 Å². The van der Waals surface area contributed by atoms with Crippen molar-refractivity contribution >= 4 is 5.91 Å². The maximum Gasteiger partial charge on any atom is 0.268 e. The van der Waals surface area contributed by atoms with E-state index in [0.717, 1.165) is 18.7 Å². The van der Waals surface area contributed by atoms with Crippen molar-refractivity contribution in [3.05, 3.63) is 23.7 Å². The number of nitrogen functional groups attached to an aromatic ring is 1. The molecule has 1 aromatic heterocycles. The van der Waals surface area contributed by atoms with Crippen LogP contribution in [0.15, 0.2) is 16.7 Å². The van der Waals surface area contributed by atoms with Gasteiger partial charge in [0, 0.05) is 0 Å². The first-order valence-corrected chi connectivity index (χ1v) is 4.94. The second-order valence-electron chi connectivity index (χ2n) is 3.51. The lowest BCUT2D eigenvalue weighted by atomic mass is 10.3. The Morgan fingerprint density at radius 1 is 1.67 bits per heavy atom. The third-order valence-corrected chi connectivity index (χ3v) is 2.08. The molecule has 0 radical (unpaired) electrons. The molecule has 84 valence electrons. The standard InChI is InChI=1S/C10H17N3O2/c1-3-4-13(2)6-9-5-8(7-15-9)10(14)12-11/h5,7H,3-4,6,11H2,1-2H3,(H,12,14). The fraction of sp³-hybridized carbons (Fsp3) is 0.500. The van der Waals surface area contributed by atoms with Crippen molar-refractivity contribution in [1.29, 1.82) is 0 Å². The van der Waals surface area contributed by atoms with E-state index in [1.807, 2.05) is 7.05 Å². The molecule has 5 nitrogen and oxygen atoms in total. The molecule has 0 atom stereocenters. The van der Waals surface area contributed by atoms with Crippen molar-refractivity contribution < 1.29 is 9.21 Å². The van der Waals surface area contributed by atoms with Crippen LogP contribution >= 0.6 is 0 Å². The molecule has 0 aromatic carbocycles. The van der Waals surface area contributed by atoms with Crippen molar-refractivity contribution in [3.8, 4) is 0 Å². The molecule has 0 unspecified atom stereocenters. The molecule has 1 aromatic rings. The van der Waals surface area contributed by atoms with Crippen LogP contribution in [0.5, 0.6) is 0 Å². The first-order chi connectivity index (χ1) is 7.17.